The number of hydrogen-bond donors (Lipinski definition) is 2. The van der Waals surface area contributed by atoms with Crippen molar-refractivity contribution in [1.29, 1.82) is 0 Å². The van der Waals surface area contributed by atoms with Gasteiger partial charge in [-0.1, -0.05) is 0 Å². The molecule has 1 saturated heterocycles. The van der Waals surface area contributed by atoms with E-state index in [4.69, 9.17) is 10.2 Å². The minimum absolute atomic E-state index is 0. The summed E-state index contributed by atoms with van der Waals surface area (Å²) < 4.78 is 23.6. The summed E-state index contributed by atoms with van der Waals surface area (Å²) in [7, 11) is -1.99. The molecule has 0 saturated carbocycles. The van der Waals surface area contributed by atoms with Gasteiger partial charge in [-0.25, -0.2) is 18.4 Å². The number of rotatable bonds is 3. The molecular formula is C13H20ClN3O4S. The van der Waals surface area contributed by atoms with Crippen LogP contribution < -0.4 is 10.0 Å². The van der Waals surface area contributed by atoms with Crippen molar-refractivity contribution in [2.75, 3.05) is 38.1 Å². The second-order valence-corrected chi connectivity index (χ2v) is 6.81. The Morgan fingerprint density at radius 1 is 1.23 bits per heavy atom. The fourth-order valence-corrected chi connectivity index (χ4v) is 3.19. The number of halogens is 1. The van der Waals surface area contributed by atoms with Gasteiger partial charge in [-0.05, 0) is 31.7 Å². The van der Waals surface area contributed by atoms with Crippen molar-refractivity contribution in [3.63, 3.8) is 0 Å². The van der Waals surface area contributed by atoms with E-state index in [2.05, 4.69) is 4.90 Å². The quantitative estimate of drug-likeness (QED) is 0.824. The number of carboxylic acids is 1. The lowest BCUT2D eigenvalue weighted by Gasteiger charge is -2.35. The van der Waals surface area contributed by atoms with Gasteiger partial charge in [-0.15, -0.1) is 12.4 Å². The van der Waals surface area contributed by atoms with Crippen molar-refractivity contribution in [3.05, 3.63) is 23.3 Å². The van der Waals surface area contributed by atoms with Gasteiger partial charge >= 0.3 is 5.97 Å². The molecule has 1 fully saturated rings. The van der Waals surface area contributed by atoms with Gasteiger partial charge in [0.25, 0.3) is 0 Å². The summed E-state index contributed by atoms with van der Waals surface area (Å²) in [6, 6.07) is 2.75. The van der Waals surface area contributed by atoms with Crippen LogP contribution in [0.25, 0.3) is 0 Å². The summed E-state index contributed by atoms with van der Waals surface area (Å²) >= 11 is 0. The molecule has 3 N–H and O–H groups in total. The third-order valence-corrected chi connectivity index (χ3v) is 4.63. The highest BCUT2D eigenvalue weighted by atomic mass is 35.5. The molecule has 1 aromatic carbocycles. The standard InChI is InChI=1S/C13H19N3O4S.ClH/c1-9-7-11(16-5-3-15(2)4-6-16)12(21(14,19)20)8-10(9)13(17)18;/h7-8H,3-6H2,1-2H3,(H,17,18)(H2,14,19,20);1H. The van der Waals surface area contributed by atoms with Crippen LogP contribution in [0, 0.1) is 6.92 Å². The Bertz CT molecular complexity index is 670. The number of sulfonamides is 1. The fraction of sp³-hybridized carbons (Fsp3) is 0.462. The summed E-state index contributed by atoms with van der Waals surface area (Å²) in [5.41, 5.74) is 0.953. The van der Waals surface area contributed by atoms with Crippen LogP contribution in [-0.4, -0.2) is 57.6 Å². The summed E-state index contributed by atoms with van der Waals surface area (Å²) in [6.07, 6.45) is 0. The first kappa shape index (κ1) is 18.7. The molecule has 0 radical (unpaired) electrons. The molecule has 22 heavy (non-hydrogen) atoms. The van der Waals surface area contributed by atoms with E-state index in [0.29, 0.717) is 24.3 Å². The summed E-state index contributed by atoms with van der Waals surface area (Å²) in [5.74, 6) is -1.16. The molecule has 7 nitrogen and oxygen atoms in total. The largest absolute Gasteiger partial charge is 0.478 e. The molecule has 1 aromatic rings. The van der Waals surface area contributed by atoms with E-state index in [1.165, 1.54) is 0 Å². The summed E-state index contributed by atoms with van der Waals surface area (Å²) in [4.78, 5) is 15.1. The van der Waals surface area contributed by atoms with E-state index >= 15 is 0 Å². The number of nitrogens with two attached hydrogens (primary N) is 1. The number of carbonyl (C=O) groups is 1. The number of anilines is 1. The van der Waals surface area contributed by atoms with Gasteiger partial charge in [0, 0.05) is 26.2 Å². The SMILES string of the molecule is Cc1cc(N2CCN(C)CC2)c(S(N)(=O)=O)cc1C(=O)O.Cl. The third-order valence-electron chi connectivity index (χ3n) is 3.69. The summed E-state index contributed by atoms with van der Waals surface area (Å²) in [5, 5.41) is 14.4. The molecule has 0 aliphatic carbocycles. The second-order valence-electron chi connectivity index (χ2n) is 5.28. The first-order valence-corrected chi connectivity index (χ1v) is 8.09. The predicted octanol–water partition coefficient (Wildman–Crippen LogP) is 0.514. The highest BCUT2D eigenvalue weighted by Crippen LogP contribution is 2.29. The van der Waals surface area contributed by atoms with Crippen LogP contribution in [0.15, 0.2) is 17.0 Å². The number of likely N-dealkylation sites (N-methyl/N-ethyl adjacent to an activating group) is 1. The Balaban J connectivity index is 0.00000242. The van der Waals surface area contributed by atoms with Gasteiger partial charge < -0.3 is 14.9 Å². The summed E-state index contributed by atoms with van der Waals surface area (Å²) in [6.45, 7) is 4.61. The number of aryl methyl sites for hydroxylation is 1. The lowest BCUT2D eigenvalue weighted by atomic mass is 10.1. The van der Waals surface area contributed by atoms with Crippen LogP contribution in [0.2, 0.25) is 0 Å². The molecule has 1 aliphatic heterocycles. The van der Waals surface area contributed by atoms with Gasteiger partial charge in [0.1, 0.15) is 4.90 Å². The van der Waals surface area contributed by atoms with Crippen molar-refractivity contribution in [1.82, 2.24) is 4.90 Å². The van der Waals surface area contributed by atoms with E-state index in [0.717, 1.165) is 19.2 Å². The van der Waals surface area contributed by atoms with Crippen LogP contribution in [-0.2, 0) is 10.0 Å². The van der Waals surface area contributed by atoms with E-state index in [9.17, 15) is 13.2 Å². The molecule has 9 heteroatoms. The number of primary sulfonamides is 1. The molecule has 1 heterocycles. The van der Waals surface area contributed by atoms with E-state index in [1.54, 1.807) is 13.0 Å². The number of benzene rings is 1. The third kappa shape index (κ3) is 3.89. The van der Waals surface area contributed by atoms with Crippen molar-refractivity contribution in [3.8, 4) is 0 Å². The highest BCUT2D eigenvalue weighted by Gasteiger charge is 2.24. The van der Waals surface area contributed by atoms with Crippen LogP contribution in [0.5, 0.6) is 0 Å². The molecule has 0 spiro atoms. The molecule has 0 bridgehead atoms. The Morgan fingerprint density at radius 3 is 2.23 bits per heavy atom. The number of carboxylic acid groups (broad SMARTS) is 1. The first-order chi connectivity index (χ1) is 9.70. The van der Waals surface area contributed by atoms with Gasteiger partial charge in [0.15, 0.2) is 0 Å². The second kappa shape index (κ2) is 6.82. The molecule has 124 valence electrons. The lowest BCUT2D eigenvalue weighted by Crippen LogP contribution is -2.45. The maximum Gasteiger partial charge on any atom is 0.335 e. The van der Waals surface area contributed by atoms with Crippen molar-refractivity contribution in [2.24, 2.45) is 5.14 Å². The van der Waals surface area contributed by atoms with Gasteiger partial charge in [-0.3, -0.25) is 0 Å². The topological polar surface area (TPSA) is 104 Å². The number of nitrogens with zero attached hydrogens (tertiary/aromatic N) is 2. The fourth-order valence-electron chi connectivity index (χ4n) is 2.43. The Hall–Kier alpha value is -1.35. The maximum atomic E-state index is 11.8. The molecule has 2 rings (SSSR count). The van der Waals surface area contributed by atoms with Gasteiger partial charge in [0.05, 0.1) is 11.3 Å². The molecule has 0 aromatic heterocycles. The average molecular weight is 350 g/mol. The van der Waals surface area contributed by atoms with E-state index < -0.39 is 16.0 Å². The zero-order valence-electron chi connectivity index (χ0n) is 12.4. The van der Waals surface area contributed by atoms with Crippen LogP contribution >= 0.6 is 12.4 Å². The molecule has 0 atom stereocenters. The van der Waals surface area contributed by atoms with Gasteiger partial charge in [0.2, 0.25) is 10.0 Å². The van der Waals surface area contributed by atoms with E-state index in [-0.39, 0.29) is 22.9 Å². The molecular weight excluding hydrogens is 330 g/mol. The number of piperazine rings is 1. The van der Waals surface area contributed by atoms with Crippen LogP contribution in [0.3, 0.4) is 0 Å². The minimum Gasteiger partial charge on any atom is -0.478 e. The van der Waals surface area contributed by atoms with Crippen LogP contribution in [0.1, 0.15) is 15.9 Å². The molecule has 0 amide bonds. The van der Waals surface area contributed by atoms with Gasteiger partial charge in [-0.2, -0.15) is 0 Å². The normalized spacial score (nSPS) is 16.2. The smallest absolute Gasteiger partial charge is 0.335 e. The monoisotopic (exact) mass is 349 g/mol. The first-order valence-electron chi connectivity index (χ1n) is 6.54. The van der Waals surface area contributed by atoms with Crippen molar-refractivity contribution >= 4 is 34.1 Å². The molecule has 1 aliphatic rings. The Labute approximate surface area is 136 Å². The number of hydrogen-bond acceptors (Lipinski definition) is 5. The zero-order chi connectivity index (χ0) is 15.8. The molecule has 0 unspecified atom stereocenters. The minimum atomic E-state index is -3.99. The lowest BCUT2D eigenvalue weighted by molar-refractivity contribution is 0.0696. The van der Waals surface area contributed by atoms with E-state index in [1.807, 2.05) is 11.9 Å². The predicted molar refractivity (Wildman–Crippen MR) is 86.5 cm³/mol. The maximum absolute atomic E-state index is 11.8. The van der Waals surface area contributed by atoms with Crippen molar-refractivity contribution in [2.45, 2.75) is 11.8 Å². The number of aromatic carboxylic acids is 1. The zero-order valence-corrected chi connectivity index (χ0v) is 14.1. The average Bonchev–Trinajstić information content (AvgIpc) is 2.37. The van der Waals surface area contributed by atoms with Crippen LogP contribution in [0.4, 0.5) is 5.69 Å². The highest BCUT2D eigenvalue weighted by molar-refractivity contribution is 7.89. The Kier molecular flexibility index (Phi) is 5.80. The Morgan fingerprint density at radius 2 is 1.77 bits per heavy atom. The van der Waals surface area contributed by atoms with Crippen molar-refractivity contribution < 1.29 is 18.3 Å².